The summed E-state index contributed by atoms with van der Waals surface area (Å²) >= 11 is 0. The van der Waals surface area contributed by atoms with Crippen molar-refractivity contribution in [2.45, 2.75) is 18.9 Å². The summed E-state index contributed by atoms with van der Waals surface area (Å²) in [7, 11) is 1.56. The fraction of sp³-hybridized carbons (Fsp3) is 0.316. The summed E-state index contributed by atoms with van der Waals surface area (Å²) in [5.41, 5.74) is 6.10. The molecule has 136 valence electrons. The third-order valence-corrected chi connectivity index (χ3v) is 4.37. The number of likely N-dealkylation sites (tertiary alicyclic amines) is 1. The van der Waals surface area contributed by atoms with Crippen LogP contribution in [0.25, 0.3) is 0 Å². The zero-order chi connectivity index (χ0) is 18.5. The Morgan fingerprint density at radius 3 is 2.50 bits per heavy atom. The molecule has 26 heavy (non-hydrogen) atoms. The number of methoxy groups -OCH3 is 1. The van der Waals surface area contributed by atoms with E-state index in [0.29, 0.717) is 48.7 Å². The van der Waals surface area contributed by atoms with Crippen LogP contribution in [0.1, 0.15) is 33.6 Å². The number of primary amides is 1. The lowest BCUT2D eigenvalue weighted by Gasteiger charge is -2.32. The summed E-state index contributed by atoms with van der Waals surface area (Å²) in [6.45, 7) is 1.20. The Hall–Kier alpha value is -3.09. The standard InChI is InChI=1S/C19H21N3O4/c1-25-16-5-3-2-4-15(16)19(24)22-10-8-14(9-11-22)26-17-7-6-13(12-21-17)18(20)23/h2-7,12,14H,8-11H2,1H3,(H2,20,23). The van der Waals surface area contributed by atoms with Crippen LogP contribution < -0.4 is 15.2 Å². The van der Waals surface area contributed by atoms with Crippen molar-refractivity contribution in [1.82, 2.24) is 9.88 Å². The molecule has 7 heteroatoms. The predicted octanol–water partition coefficient (Wildman–Crippen LogP) is 1.87. The van der Waals surface area contributed by atoms with Crippen LogP contribution in [0.3, 0.4) is 0 Å². The van der Waals surface area contributed by atoms with Crippen molar-refractivity contribution in [2.75, 3.05) is 20.2 Å². The second kappa shape index (κ2) is 7.86. The molecule has 0 unspecified atom stereocenters. The maximum atomic E-state index is 12.7. The monoisotopic (exact) mass is 355 g/mol. The molecule has 0 atom stereocenters. The minimum atomic E-state index is -0.521. The smallest absolute Gasteiger partial charge is 0.257 e. The number of hydrogen-bond donors (Lipinski definition) is 1. The van der Waals surface area contributed by atoms with Crippen molar-refractivity contribution in [1.29, 1.82) is 0 Å². The van der Waals surface area contributed by atoms with Crippen LogP contribution in [0.2, 0.25) is 0 Å². The molecule has 0 aliphatic carbocycles. The molecule has 1 aromatic carbocycles. The van der Waals surface area contributed by atoms with Crippen LogP contribution in [0.4, 0.5) is 0 Å². The van der Waals surface area contributed by atoms with E-state index >= 15 is 0 Å². The van der Waals surface area contributed by atoms with Crippen molar-refractivity contribution in [2.24, 2.45) is 5.73 Å². The molecule has 1 aromatic heterocycles. The Labute approximate surface area is 151 Å². The number of piperidine rings is 1. The van der Waals surface area contributed by atoms with Crippen molar-refractivity contribution in [3.8, 4) is 11.6 Å². The maximum Gasteiger partial charge on any atom is 0.257 e. The summed E-state index contributed by atoms with van der Waals surface area (Å²) in [5, 5.41) is 0. The van der Waals surface area contributed by atoms with Crippen molar-refractivity contribution in [3.63, 3.8) is 0 Å². The first-order valence-electron chi connectivity index (χ1n) is 8.43. The Kier molecular flexibility index (Phi) is 5.36. The van der Waals surface area contributed by atoms with E-state index in [1.807, 2.05) is 12.1 Å². The molecule has 1 saturated heterocycles. The first-order valence-corrected chi connectivity index (χ1v) is 8.43. The van der Waals surface area contributed by atoms with E-state index in [9.17, 15) is 9.59 Å². The Morgan fingerprint density at radius 2 is 1.88 bits per heavy atom. The van der Waals surface area contributed by atoms with Gasteiger partial charge >= 0.3 is 0 Å². The van der Waals surface area contributed by atoms with Crippen LogP contribution in [0, 0.1) is 0 Å². The number of nitrogens with two attached hydrogens (primary N) is 1. The first-order chi connectivity index (χ1) is 12.6. The molecule has 7 nitrogen and oxygen atoms in total. The summed E-state index contributed by atoms with van der Waals surface area (Å²) < 4.78 is 11.1. The van der Waals surface area contributed by atoms with Crippen LogP contribution in [0.15, 0.2) is 42.6 Å². The summed E-state index contributed by atoms with van der Waals surface area (Å²) in [4.78, 5) is 29.7. The second-order valence-corrected chi connectivity index (χ2v) is 6.06. The van der Waals surface area contributed by atoms with Crippen LogP contribution in [-0.2, 0) is 0 Å². The molecule has 3 rings (SSSR count). The lowest BCUT2D eigenvalue weighted by atomic mass is 10.1. The molecule has 0 spiro atoms. The zero-order valence-corrected chi connectivity index (χ0v) is 14.6. The van der Waals surface area contributed by atoms with E-state index in [4.69, 9.17) is 15.2 Å². The van der Waals surface area contributed by atoms with Gasteiger partial charge in [0, 0.05) is 38.2 Å². The Bertz CT molecular complexity index is 784. The zero-order valence-electron chi connectivity index (χ0n) is 14.6. The molecule has 2 heterocycles. The number of para-hydroxylation sites is 1. The maximum absolute atomic E-state index is 12.7. The molecule has 2 aromatic rings. The van der Waals surface area contributed by atoms with Gasteiger partial charge in [-0.05, 0) is 18.2 Å². The number of pyridine rings is 1. The van der Waals surface area contributed by atoms with Crippen molar-refractivity contribution >= 4 is 11.8 Å². The summed E-state index contributed by atoms with van der Waals surface area (Å²) in [6.07, 6.45) is 2.79. The number of amides is 2. The van der Waals surface area contributed by atoms with E-state index in [0.717, 1.165) is 0 Å². The number of ether oxygens (including phenoxy) is 2. The lowest BCUT2D eigenvalue weighted by Crippen LogP contribution is -2.42. The fourth-order valence-electron chi connectivity index (χ4n) is 2.93. The number of aromatic nitrogens is 1. The SMILES string of the molecule is COc1ccccc1C(=O)N1CCC(Oc2ccc(C(N)=O)cn2)CC1. The lowest BCUT2D eigenvalue weighted by molar-refractivity contribution is 0.0585. The predicted molar refractivity (Wildman–Crippen MR) is 95.3 cm³/mol. The van der Waals surface area contributed by atoms with Gasteiger partial charge in [-0.2, -0.15) is 0 Å². The van der Waals surface area contributed by atoms with Gasteiger partial charge < -0.3 is 20.1 Å². The van der Waals surface area contributed by atoms with Gasteiger partial charge in [0.1, 0.15) is 11.9 Å². The molecule has 0 radical (unpaired) electrons. The molecule has 1 fully saturated rings. The summed E-state index contributed by atoms with van der Waals surface area (Å²) in [6, 6.07) is 10.4. The van der Waals surface area contributed by atoms with Crippen molar-refractivity contribution < 1.29 is 19.1 Å². The topological polar surface area (TPSA) is 94.7 Å². The first kappa shape index (κ1) is 17.7. The average molecular weight is 355 g/mol. The highest BCUT2D eigenvalue weighted by Gasteiger charge is 2.26. The van der Waals surface area contributed by atoms with Crippen LogP contribution >= 0.6 is 0 Å². The van der Waals surface area contributed by atoms with E-state index in [-0.39, 0.29) is 12.0 Å². The molecule has 2 amide bonds. The van der Waals surface area contributed by atoms with Gasteiger partial charge in [-0.25, -0.2) is 4.98 Å². The van der Waals surface area contributed by atoms with E-state index in [2.05, 4.69) is 4.98 Å². The fourth-order valence-corrected chi connectivity index (χ4v) is 2.93. The number of carbonyl (C=O) groups excluding carboxylic acids is 2. The Balaban J connectivity index is 1.57. The normalized spacial score (nSPS) is 14.7. The van der Waals surface area contributed by atoms with Gasteiger partial charge in [-0.1, -0.05) is 12.1 Å². The minimum absolute atomic E-state index is 0.0244. The number of hydrogen-bond acceptors (Lipinski definition) is 5. The van der Waals surface area contributed by atoms with E-state index < -0.39 is 5.91 Å². The number of nitrogens with zero attached hydrogens (tertiary/aromatic N) is 2. The third-order valence-electron chi connectivity index (χ3n) is 4.37. The highest BCUT2D eigenvalue weighted by Crippen LogP contribution is 2.23. The van der Waals surface area contributed by atoms with E-state index in [1.54, 1.807) is 36.3 Å². The van der Waals surface area contributed by atoms with Gasteiger partial charge in [0.15, 0.2) is 0 Å². The van der Waals surface area contributed by atoms with Gasteiger partial charge in [0.05, 0.1) is 18.2 Å². The van der Waals surface area contributed by atoms with E-state index in [1.165, 1.54) is 6.20 Å². The minimum Gasteiger partial charge on any atom is -0.496 e. The van der Waals surface area contributed by atoms with Crippen LogP contribution in [-0.4, -0.2) is 48.0 Å². The van der Waals surface area contributed by atoms with Crippen molar-refractivity contribution in [3.05, 3.63) is 53.7 Å². The highest BCUT2D eigenvalue weighted by molar-refractivity contribution is 5.97. The second-order valence-electron chi connectivity index (χ2n) is 6.06. The molecule has 0 bridgehead atoms. The largest absolute Gasteiger partial charge is 0.496 e. The average Bonchev–Trinajstić information content (AvgIpc) is 2.68. The number of benzene rings is 1. The van der Waals surface area contributed by atoms with Gasteiger partial charge in [-0.15, -0.1) is 0 Å². The van der Waals surface area contributed by atoms with Crippen LogP contribution in [0.5, 0.6) is 11.6 Å². The van der Waals surface area contributed by atoms with Gasteiger partial charge in [0.25, 0.3) is 5.91 Å². The number of rotatable bonds is 5. The van der Waals surface area contributed by atoms with Gasteiger partial charge in [-0.3, -0.25) is 9.59 Å². The molecule has 1 aliphatic heterocycles. The van der Waals surface area contributed by atoms with Gasteiger partial charge in [0.2, 0.25) is 11.8 Å². The molecular formula is C19H21N3O4. The molecule has 1 aliphatic rings. The molecular weight excluding hydrogens is 334 g/mol. The molecule has 0 saturated carbocycles. The quantitative estimate of drug-likeness (QED) is 0.883. The number of carbonyl (C=O) groups is 2. The molecule has 2 N–H and O–H groups in total. The third kappa shape index (κ3) is 3.93. The summed E-state index contributed by atoms with van der Waals surface area (Å²) in [5.74, 6) is 0.469. The highest BCUT2D eigenvalue weighted by atomic mass is 16.5. The Morgan fingerprint density at radius 1 is 1.15 bits per heavy atom.